The zero-order valence-corrected chi connectivity index (χ0v) is 13.3. The number of aromatic hydroxyl groups is 1. The monoisotopic (exact) mass is 319 g/mol. The Labute approximate surface area is 140 Å². The number of benzene rings is 3. The molecular weight excluding hydrogens is 302 g/mol. The van der Waals surface area contributed by atoms with Gasteiger partial charge in [0, 0.05) is 11.8 Å². The number of hydrogen-bond donors (Lipinski definition) is 1. The van der Waals surface area contributed by atoms with Crippen LogP contribution in [-0.4, -0.2) is 23.9 Å². The van der Waals surface area contributed by atoms with Crippen molar-refractivity contribution in [3.63, 3.8) is 0 Å². The Morgan fingerprint density at radius 3 is 2.79 bits per heavy atom. The van der Waals surface area contributed by atoms with Gasteiger partial charge >= 0.3 is 5.97 Å². The van der Waals surface area contributed by atoms with Gasteiger partial charge in [-0.1, -0.05) is 36.4 Å². The van der Waals surface area contributed by atoms with Gasteiger partial charge in [-0.2, -0.15) is 0 Å². The minimum atomic E-state index is -0.373. The Morgan fingerprint density at radius 2 is 1.96 bits per heavy atom. The van der Waals surface area contributed by atoms with Crippen molar-refractivity contribution in [2.24, 2.45) is 4.99 Å². The molecule has 0 heterocycles. The van der Waals surface area contributed by atoms with Gasteiger partial charge in [0.1, 0.15) is 5.75 Å². The summed E-state index contributed by atoms with van der Waals surface area (Å²) in [6, 6.07) is 18.2. The van der Waals surface area contributed by atoms with E-state index in [0.29, 0.717) is 23.4 Å². The third kappa shape index (κ3) is 3.27. The molecule has 0 saturated carbocycles. The van der Waals surface area contributed by atoms with Gasteiger partial charge in [0.15, 0.2) is 0 Å². The molecule has 24 heavy (non-hydrogen) atoms. The second-order valence-corrected chi connectivity index (χ2v) is 5.25. The summed E-state index contributed by atoms with van der Waals surface area (Å²) in [5.41, 5.74) is 1.72. The first-order chi connectivity index (χ1) is 11.7. The van der Waals surface area contributed by atoms with Gasteiger partial charge in [-0.3, -0.25) is 4.99 Å². The minimum absolute atomic E-state index is 0.166. The number of carbonyl (C=O) groups is 1. The molecule has 0 aliphatic heterocycles. The maximum atomic E-state index is 11.8. The van der Waals surface area contributed by atoms with Crippen molar-refractivity contribution >= 4 is 28.6 Å². The zero-order valence-electron chi connectivity index (χ0n) is 13.3. The summed E-state index contributed by atoms with van der Waals surface area (Å²) in [5.74, 6) is -0.207. The lowest BCUT2D eigenvalue weighted by atomic mass is 10.0. The van der Waals surface area contributed by atoms with Gasteiger partial charge < -0.3 is 9.84 Å². The highest BCUT2D eigenvalue weighted by Gasteiger charge is 2.07. The lowest BCUT2D eigenvalue weighted by molar-refractivity contribution is 0.0526. The number of esters is 1. The third-order valence-corrected chi connectivity index (χ3v) is 3.65. The maximum absolute atomic E-state index is 11.8. The number of fused-ring (bicyclic) bond motifs is 1. The highest BCUT2D eigenvalue weighted by atomic mass is 16.5. The number of phenols is 1. The van der Waals surface area contributed by atoms with Gasteiger partial charge in [0.2, 0.25) is 0 Å². The predicted octanol–water partition coefficient (Wildman–Crippen LogP) is 4.47. The van der Waals surface area contributed by atoms with E-state index in [4.69, 9.17) is 4.74 Å². The lowest BCUT2D eigenvalue weighted by Crippen LogP contribution is -2.03. The van der Waals surface area contributed by atoms with Crippen molar-refractivity contribution in [2.75, 3.05) is 6.61 Å². The molecule has 3 aromatic carbocycles. The number of phenolic OH excluding ortho intramolecular Hbond substituents is 1. The molecule has 0 atom stereocenters. The average molecular weight is 319 g/mol. The van der Waals surface area contributed by atoms with Crippen molar-refractivity contribution in [2.45, 2.75) is 6.92 Å². The Morgan fingerprint density at radius 1 is 1.12 bits per heavy atom. The molecule has 0 unspecified atom stereocenters. The second kappa shape index (κ2) is 6.96. The molecule has 3 aromatic rings. The molecule has 0 radical (unpaired) electrons. The van der Waals surface area contributed by atoms with E-state index in [1.165, 1.54) is 0 Å². The topological polar surface area (TPSA) is 58.9 Å². The number of hydrogen-bond acceptors (Lipinski definition) is 4. The van der Waals surface area contributed by atoms with Gasteiger partial charge in [0.05, 0.1) is 17.9 Å². The molecule has 3 rings (SSSR count). The fourth-order valence-electron chi connectivity index (χ4n) is 2.49. The van der Waals surface area contributed by atoms with Gasteiger partial charge in [-0.25, -0.2) is 4.79 Å². The maximum Gasteiger partial charge on any atom is 0.338 e. The average Bonchev–Trinajstić information content (AvgIpc) is 2.61. The highest BCUT2D eigenvalue weighted by molar-refractivity contribution is 6.03. The molecular formula is C20H17NO3. The number of rotatable bonds is 4. The summed E-state index contributed by atoms with van der Waals surface area (Å²) < 4.78 is 4.99. The van der Waals surface area contributed by atoms with Crippen LogP contribution in [-0.2, 0) is 4.74 Å². The zero-order chi connectivity index (χ0) is 16.9. The Balaban J connectivity index is 1.96. The van der Waals surface area contributed by atoms with Crippen molar-refractivity contribution < 1.29 is 14.6 Å². The smallest absolute Gasteiger partial charge is 0.338 e. The first-order valence-electron chi connectivity index (χ1n) is 7.71. The van der Waals surface area contributed by atoms with Crippen LogP contribution in [0, 0.1) is 0 Å². The highest BCUT2D eigenvalue weighted by Crippen LogP contribution is 2.26. The number of carbonyl (C=O) groups excluding carboxylic acids is 1. The number of aliphatic imine (C=N–C) groups is 1. The fraction of sp³-hybridized carbons (Fsp3) is 0.100. The van der Waals surface area contributed by atoms with E-state index in [-0.39, 0.29) is 11.7 Å². The van der Waals surface area contributed by atoms with Crippen LogP contribution in [0.5, 0.6) is 5.75 Å². The largest absolute Gasteiger partial charge is 0.507 e. The summed E-state index contributed by atoms with van der Waals surface area (Å²) >= 11 is 0. The molecule has 0 aliphatic rings. The van der Waals surface area contributed by atoms with Crippen LogP contribution in [0.15, 0.2) is 65.7 Å². The standard InChI is InChI=1S/C20H17NO3/c1-2-24-20(23)15-7-5-8-16(12-15)21-13-18-17-9-4-3-6-14(17)10-11-19(18)22/h3-13,22H,2H2,1H3. The minimum Gasteiger partial charge on any atom is -0.507 e. The number of nitrogens with zero attached hydrogens (tertiary/aromatic N) is 1. The van der Waals surface area contributed by atoms with Crippen LogP contribution in [0.4, 0.5) is 5.69 Å². The molecule has 0 bridgehead atoms. The van der Waals surface area contributed by atoms with E-state index in [9.17, 15) is 9.90 Å². The van der Waals surface area contributed by atoms with E-state index in [2.05, 4.69) is 4.99 Å². The molecule has 4 heteroatoms. The van der Waals surface area contributed by atoms with Gasteiger partial charge in [-0.05, 0) is 42.0 Å². The van der Waals surface area contributed by atoms with Crippen LogP contribution < -0.4 is 0 Å². The Bertz CT molecular complexity index is 916. The van der Waals surface area contributed by atoms with E-state index in [0.717, 1.165) is 10.8 Å². The molecule has 0 saturated heterocycles. The van der Waals surface area contributed by atoms with Crippen LogP contribution in [0.3, 0.4) is 0 Å². The lowest BCUT2D eigenvalue weighted by Gasteiger charge is -2.05. The van der Waals surface area contributed by atoms with Crippen LogP contribution >= 0.6 is 0 Å². The Kier molecular flexibility index (Phi) is 4.57. The van der Waals surface area contributed by atoms with Crippen LogP contribution in [0.2, 0.25) is 0 Å². The molecule has 4 nitrogen and oxygen atoms in total. The van der Waals surface area contributed by atoms with E-state index in [1.54, 1.807) is 43.5 Å². The summed E-state index contributed by atoms with van der Waals surface area (Å²) in [5, 5.41) is 12.1. The molecule has 1 N–H and O–H groups in total. The Hall–Kier alpha value is -3.14. The first-order valence-corrected chi connectivity index (χ1v) is 7.71. The summed E-state index contributed by atoms with van der Waals surface area (Å²) in [6.45, 7) is 2.10. The van der Waals surface area contributed by atoms with Gasteiger partial charge in [-0.15, -0.1) is 0 Å². The molecule has 0 aromatic heterocycles. The summed E-state index contributed by atoms with van der Waals surface area (Å²) in [4.78, 5) is 16.2. The normalized spacial score (nSPS) is 11.0. The molecule has 0 amide bonds. The predicted molar refractivity (Wildman–Crippen MR) is 95.3 cm³/mol. The van der Waals surface area contributed by atoms with Crippen molar-refractivity contribution in [1.82, 2.24) is 0 Å². The molecule has 0 aliphatic carbocycles. The van der Waals surface area contributed by atoms with Crippen molar-refractivity contribution in [1.29, 1.82) is 0 Å². The molecule has 0 fully saturated rings. The van der Waals surface area contributed by atoms with Crippen molar-refractivity contribution in [3.05, 3.63) is 71.8 Å². The van der Waals surface area contributed by atoms with E-state index < -0.39 is 0 Å². The molecule has 0 spiro atoms. The fourth-order valence-corrected chi connectivity index (χ4v) is 2.49. The molecule has 120 valence electrons. The third-order valence-electron chi connectivity index (χ3n) is 3.65. The van der Waals surface area contributed by atoms with Crippen LogP contribution in [0.25, 0.3) is 10.8 Å². The SMILES string of the molecule is CCOC(=O)c1cccc(N=Cc2c(O)ccc3ccccc23)c1. The van der Waals surface area contributed by atoms with E-state index >= 15 is 0 Å². The van der Waals surface area contributed by atoms with E-state index in [1.807, 2.05) is 30.3 Å². The van der Waals surface area contributed by atoms with Crippen molar-refractivity contribution in [3.8, 4) is 5.75 Å². The summed E-state index contributed by atoms with van der Waals surface area (Å²) in [7, 11) is 0. The summed E-state index contributed by atoms with van der Waals surface area (Å²) in [6.07, 6.45) is 1.61. The first kappa shape index (κ1) is 15.7. The van der Waals surface area contributed by atoms with Gasteiger partial charge in [0.25, 0.3) is 0 Å². The number of ether oxygens (including phenoxy) is 1. The van der Waals surface area contributed by atoms with Crippen LogP contribution in [0.1, 0.15) is 22.8 Å². The quantitative estimate of drug-likeness (QED) is 0.570. The second-order valence-electron chi connectivity index (χ2n) is 5.25.